The summed E-state index contributed by atoms with van der Waals surface area (Å²) >= 11 is 0. The third kappa shape index (κ3) is 4.05. The molecule has 1 aliphatic carbocycles. The molecule has 30 heavy (non-hydrogen) atoms. The Morgan fingerprint density at radius 1 is 1.20 bits per heavy atom. The maximum atomic E-state index is 13.1. The van der Waals surface area contributed by atoms with E-state index in [4.69, 9.17) is 5.73 Å². The fraction of sp³-hybridized carbons (Fsp3) is 0.476. The standard InChI is InChI=1S/C21H26N6O3/c1-12-2-5-18(13-3-4-17-14(6-13)9-24-26-17)27(11-12)21(30)20(29)25-16-7-15(19(22)28)8-23-10-16/h7-10,12-13,18H,2-6,11H2,1H3,(H2,22,28)(H,24,26)(H,25,29)/t12-,13+,18+/m1/s1. The van der Waals surface area contributed by atoms with Crippen molar-refractivity contribution >= 4 is 23.4 Å². The number of hydrogen-bond donors (Lipinski definition) is 3. The second kappa shape index (κ2) is 8.25. The Balaban J connectivity index is 1.49. The number of aryl methyl sites for hydroxylation is 1. The molecule has 4 rings (SSSR count). The van der Waals surface area contributed by atoms with Crippen LogP contribution in [0.25, 0.3) is 0 Å². The molecule has 158 valence electrons. The quantitative estimate of drug-likeness (QED) is 0.655. The van der Waals surface area contributed by atoms with Crippen molar-refractivity contribution in [3.05, 3.63) is 41.5 Å². The number of amides is 3. The van der Waals surface area contributed by atoms with Gasteiger partial charge in [-0.2, -0.15) is 5.10 Å². The third-order valence-electron chi connectivity index (χ3n) is 6.20. The van der Waals surface area contributed by atoms with Gasteiger partial charge in [-0.15, -0.1) is 0 Å². The molecule has 3 amide bonds. The van der Waals surface area contributed by atoms with Crippen molar-refractivity contribution in [2.75, 3.05) is 11.9 Å². The average Bonchev–Trinajstić information content (AvgIpc) is 3.21. The zero-order valence-electron chi connectivity index (χ0n) is 16.9. The molecular weight excluding hydrogens is 384 g/mol. The molecule has 0 bridgehead atoms. The van der Waals surface area contributed by atoms with E-state index < -0.39 is 17.7 Å². The van der Waals surface area contributed by atoms with Crippen LogP contribution in [0.1, 0.15) is 47.8 Å². The average molecular weight is 410 g/mol. The smallest absolute Gasteiger partial charge is 0.313 e. The fourth-order valence-corrected chi connectivity index (χ4v) is 4.63. The van der Waals surface area contributed by atoms with E-state index in [0.717, 1.165) is 32.1 Å². The van der Waals surface area contributed by atoms with Crippen LogP contribution in [0.2, 0.25) is 0 Å². The number of nitrogens with zero attached hydrogens (tertiary/aromatic N) is 3. The minimum absolute atomic E-state index is 0.0255. The van der Waals surface area contributed by atoms with Crippen molar-refractivity contribution in [1.29, 1.82) is 0 Å². The Morgan fingerprint density at radius 3 is 2.83 bits per heavy atom. The van der Waals surface area contributed by atoms with Gasteiger partial charge in [-0.3, -0.25) is 24.5 Å². The summed E-state index contributed by atoms with van der Waals surface area (Å²) in [6.45, 7) is 2.66. The van der Waals surface area contributed by atoms with Gasteiger partial charge in [-0.1, -0.05) is 6.92 Å². The number of carbonyl (C=O) groups is 3. The molecule has 3 atom stereocenters. The lowest BCUT2D eigenvalue weighted by Crippen LogP contribution is -2.53. The first-order chi connectivity index (χ1) is 14.4. The van der Waals surface area contributed by atoms with Crippen LogP contribution in [0.4, 0.5) is 5.69 Å². The zero-order valence-corrected chi connectivity index (χ0v) is 16.9. The Morgan fingerprint density at radius 2 is 2.03 bits per heavy atom. The van der Waals surface area contributed by atoms with Crippen molar-refractivity contribution in [3.63, 3.8) is 0 Å². The largest absolute Gasteiger partial charge is 0.366 e. The van der Waals surface area contributed by atoms with Crippen molar-refractivity contribution in [2.24, 2.45) is 17.6 Å². The second-order valence-electron chi connectivity index (χ2n) is 8.36. The number of rotatable bonds is 3. The highest BCUT2D eigenvalue weighted by molar-refractivity contribution is 6.39. The van der Waals surface area contributed by atoms with Crippen LogP contribution in [0.3, 0.4) is 0 Å². The summed E-state index contributed by atoms with van der Waals surface area (Å²) in [7, 11) is 0. The molecule has 1 aliphatic heterocycles. The van der Waals surface area contributed by atoms with Crippen molar-refractivity contribution in [1.82, 2.24) is 20.1 Å². The summed E-state index contributed by atoms with van der Waals surface area (Å²) in [4.78, 5) is 42.8. The first-order valence-electron chi connectivity index (χ1n) is 10.3. The lowest BCUT2D eigenvalue weighted by atomic mass is 9.78. The number of likely N-dealkylation sites (tertiary alicyclic amines) is 1. The molecule has 0 saturated carbocycles. The predicted molar refractivity (Wildman–Crippen MR) is 109 cm³/mol. The molecule has 2 aromatic heterocycles. The number of H-pyrrole nitrogens is 1. The normalized spacial score (nSPS) is 23.5. The molecule has 0 spiro atoms. The first kappa shape index (κ1) is 20.1. The van der Waals surface area contributed by atoms with Crippen LogP contribution in [0.5, 0.6) is 0 Å². The summed E-state index contributed by atoms with van der Waals surface area (Å²) in [6, 6.07) is 1.44. The lowest BCUT2D eigenvalue weighted by Gasteiger charge is -2.43. The van der Waals surface area contributed by atoms with Gasteiger partial charge in [0.05, 0.1) is 23.6 Å². The predicted octanol–water partition coefficient (Wildman–Crippen LogP) is 1.27. The Bertz CT molecular complexity index is 971. The van der Waals surface area contributed by atoms with Crippen LogP contribution in [-0.4, -0.2) is 50.4 Å². The van der Waals surface area contributed by atoms with E-state index in [2.05, 4.69) is 27.4 Å². The highest BCUT2D eigenvalue weighted by atomic mass is 16.2. The topological polar surface area (TPSA) is 134 Å². The molecule has 9 nitrogen and oxygen atoms in total. The molecular formula is C21H26N6O3. The molecule has 9 heteroatoms. The van der Waals surface area contributed by atoms with Crippen LogP contribution < -0.4 is 11.1 Å². The van der Waals surface area contributed by atoms with Gasteiger partial charge in [-0.05, 0) is 55.6 Å². The van der Waals surface area contributed by atoms with Crippen LogP contribution in [0.15, 0.2) is 24.7 Å². The number of nitrogens with two attached hydrogens (primary N) is 1. The van der Waals surface area contributed by atoms with Crippen molar-refractivity contribution in [2.45, 2.75) is 45.1 Å². The number of carbonyl (C=O) groups excluding carboxylic acids is 3. The molecule has 0 radical (unpaired) electrons. The maximum absolute atomic E-state index is 13.1. The third-order valence-corrected chi connectivity index (χ3v) is 6.20. The van der Waals surface area contributed by atoms with Crippen molar-refractivity contribution < 1.29 is 14.4 Å². The molecule has 4 N–H and O–H groups in total. The summed E-state index contributed by atoms with van der Waals surface area (Å²) in [6.07, 6.45) is 9.22. The SMILES string of the molecule is C[C@@H]1CC[C@@H]([C@H]2CCc3[nH]ncc3C2)N(C(=O)C(=O)Nc2cncc(C(N)=O)c2)C1. The van der Waals surface area contributed by atoms with E-state index in [1.807, 2.05) is 6.20 Å². The maximum Gasteiger partial charge on any atom is 0.313 e. The number of aromatic amines is 1. The molecule has 2 aromatic rings. The lowest BCUT2D eigenvalue weighted by molar-refractivity contribution is -0.147. The number of aromatic nitrogens is 3. The Labute approximate surface area is 174 Å². The minimum atomic E-state index is -0.725. The zero-order chi connectivity index (χ0) is 21.3. The number of hydrogen-bond acceptors (Lipinski definition) is 5. The Hall–Kier alpha value is -3.23. The minimum Gasteiger partial charge on any atom is -0.366 e. The van der Waals surface area contributed by atoms with E-state index in [9.17, 15) is 14.4 Å². The van der Waals surface area contributed by atoms with E-state index >= 15 is 0 Å². The molecule has 1 fully saturated rings. The van der Waals surface area contributed by atoms with E-state index in [1.54, 1.807) is 4.90 Å². The van der Waals surface area contributed by atoms with Gasteiger partial charge >= 0.3 is 11.8 Å². The molecule has 2 aliphatic rings. The van der Waals surface area contributed by atoms with Gasteiger partial charge in [-0.25, -0.2) is 0 Å². The number of primary amides is 1. The number of fused-ring (bicyclic) bond motifs is 1. The monoisotopic (exact) mass is 410 g/mol. The first-order valence-corrected chi connectivity index (χ1v) is 10.3. The van der Waals surface area contributed by atoms with Gasteiger partial charge in [0.25, 0.3) is 0 Å². The summed E-state index contributed by atoms with van der Waals surface area (Å²) in [5.74, 6) is -1.28. The highest BCUT2D eigenvalue weighted by Crippen LogP contribution is 2.34. The van der Waals surface area contributed by atoms with Gasteiger partial charge in [0.2, 0.25) is 5.91 Å². The number of nitrogens with one attached hydrogen (secondary N) is 2. The van der Waals surface area contributed by atoms with E-state index in [-0.39, 0.29) is 17.3 Å². The number of piperidine rings is 1. The van der Waals surface area contributed by atoms with Gasteiger partial charge in [0.15, 0.2) is 0 Å². The van der Waals surface area contributed by atoms with Crippen LogP contribution in [0, 0.1) is 11.8 Å². The number of anilines is 1. The van der Waals surface area contributed by atoms with Gasteiger partial charge in [0, 0.05) is 24.5 Å². The van der Waals surface area contributed by atoms with Crippen LogP contribution >= 0.6 is 0 Å². The fourth-order valence-electron chi connectivity index (χ4n) is 4.63. The molecule has 0 unspecified atom stereocenters. The van der Waals surface area contributed by atoms with Gasteiger partial charge < -0.3 is 16.0 Å². The van der Waals surface area contributed by atoms with E-state index in [1.165, 1.54) is 29.7 Å². The summed E-state index contributed by atoms with van der Waals surface area (Å²) in [5.41, 5.74) is 8.08. The Kier molecular flexibility index (Phi) is 5.52. The molecule has 3 heterocycles. The summed E-state index contributed by atoms with van der Waals surface area (Å²) < 4.78 is 0. The van der Waals surface area contributed by atoms with E-state index in [0.29, 0.717) is 18.4 Å². The molecule has 0 aromatic carbocycles. The number of pyridine rings is 1. The van der Waals surface area contributed by atoms with Crippen LogP contribution in [-0.2, 0) is 22.4 Å². The summed E-state index contributed by atoms with van der Waals surface area (Å²) in [5, 5.41) is 9.75. The van der Waals surface area contributed by atoms with Gasteiger partial charge in [0.1, 0.15) is 0 Å². The second-order valence-corrected chi connectivity index (χ2v) is 8.36. The molecule has 1 saturated heterocycles. The van der Waals surface area contributed by atoms with Crippen molar-refractivity contribution in [3.8, 4) is 0 Å². The highest BCUT2D eigenvalue weighted by Gasteiger charge is 2.39.